The summed E-state index contributed by atoms with van der Waals surface area (Å²) in [4.78, 5) is 39.3. The minimum Gasteiger partial charge on any atom is -0.505 e. The quantitative estimate of drug-likeness (QED) is 0.0827. The van der Waals surface area contributed by atoms with Gasteiger partial charge in [0.1, 0.15) is 102 Å². The number of ether oxygens (including phenoxy) is 19. The normalized spacial score (nSPS) is 48.5. The van der Waals surface area contributed by atoms with E-state index in [4.69, 9.17) is 113 Å². The van der Waals surface area contributed by atoms with E-state index in [-0.39, 0.29) is 43.2 Å². The van der Waals surface area contributed by atoms with Crippen molar-refractivity contribution in [1.82, 2.24) is 0 Å². The second-order valence-electron chi connectivity index (χ2n) is 25.4. The van der Waals surface area contributed by atoms with Crippen LogP contribution in [0.3, 0.4) is 0 Å². The molecule has 1 aromatic rings. The number of aliphatic hydroxyl groups excluding tert-OH is 8. The molecule has 0 amide bonds. The average Bonchev–Trinajstić information content (AvgIpc) is 1.53. The first-order chi connectivity index (χ1) is 43.3. The Bertz CT molecular complexity index is 2800. The van der Waals surface area contributed by atoms with Gasteiger partial charge in [0.2, 0.25) is 6.29 Å². The molecule has 1 unspecified atom stereocenters. The molecule has 92 heavy (non-hydrogen) atoms. The molecule has 10 fully saturated rings. The number of fused-ring (bicyclic) bond motifs is 4. The highest BCUT2D eigenvalue weighted by Gasteiger charge is 2.73. The van der Waals surface area contributed by atoms with E-state index in [9.17, 15) is 70.6 Å². The number of rotatable bonds is 15. The van der Waals surface area contributed by atoms with Crippen LogP contribution in [0.4, 0.5) is 0 Å². The summed E-state index contributed by atoms with van der Waals surface area (Å²) in [5.41, 5.74) is -3.94. The monoisotopic (exact) mass is 1360 g/mol. The molecule has 10 heterocycles. The van der Waals surface area contributed by atoms with Gasteiger partial charge in [-0.05, 0) is 54.0 Å². The van der Waals surface area contributed by atoms with Crippen LogP contribution in [0.1, 0.15) is 90.6 Å². The van der Waals surface area contributed by atoms with Gasteiger partial charge < -0.3 is 146 Å². The second kappa shape index (κ2) is 26.7. The summed E-state index contributed by atoms with van der Waals surface area (Å²) in [6, 6.07) is 0. The Morgan fingerprint density at radius 2 is 1.29 bits per heavy atom. The Morgan fingerprint density at radius 3 is 1.96 bits per heavy atom. The summed E-state index contributed by atoms with van der Waals surface area (Å²) < 4.78 is 115. The Hall–Kier alpha value is -3.03. The molecule has 11 N–H and O–H groups in total. The molecular formula is C57H80Cl2O33. The largest absolute Gasteiger partial charge is 0.505 e. The third-order valence-corrected chi connectivity index (χ3v) is 19.4. The molecule has 0 bridgehead atoms. The predicted molar refractivity (Wildman–Crippen MR) is 295 cm³/mol. The molecule has 0 aromatic heterocycles. The molecule has 33 nitrogen and oxygen atoms in total. The third kappa shape index (κ3) is 12.5. The lowest BCUT2D eigenvalue weighted by atomic mass is 9.81. The zero-order valence-electron chi connectivity index (χ0n) is 51.3. The summed E-state index contributed by atoms with van der Waals surface area (Å²) in [5, 5.41) is 122. The molecule has 35 heteroatoms. The van der Waals surface area contributed by atoms with E-state index >= 15 is 0 Å². The summed E-state index contributed by atoms with van der Waals surface area (Å²) in [7, 11) is 0. The summed E-state index contributed by atoms with van der Waals surface area (Å²) >= 11 is 12.1. The first kappa shape index (κ1) is 70.3. The smallest absolute Gasteiger partial charge is 0.342 e. The van der Waals surface area contributed by atoms with Gasteiger partial charge in [-0.25, -0.2) is 4.79 Å². The number of esters is 2. The van der Waals surface area contributed by atoms with E-state index in [0.717, 1.165) is 6.92 Å². The minimum atomic E-state index is -2.17. The summed E-state index contributed by atoms with van der Waals surface area (Å²) in [5.74, 6) is -8.69. The molecule has 10 aliphatic rings. The Morgan fingerprint density at radius 1 is 0.630 bits per heavy atom. The molecule has 10 saturated heterocycles. The van der Waals surface area contributed by atoms with Crippen molar-refractivity contribution in [3.63, 3.8) is 0 Å². The van der Waals surface area contributed by atoms with E-state index < -0.39 is 248 Å². The van der Waals surface area contributed by atoms with Gasteiger partial charge in [0.05, 0.1) is 73.8 Å². The van der Waals surface area contributed by atoms with Crippen LogP contribution in [0.15, 0.2) is 0 Å². The molecule has 0 saturated carbocycles. The van der Waals surface area contributed by atoms with Crippen LogP contribution >= 0.6 is 23.2 Å². The van der Waals surface area contributed by atoms with Crippen molar-refractivity contribution in [2.24, 2.45) is 5.92 Å². The van der Waals surface area contributed by atoms with Gasteiger partial charge >= 0.3 is 17.9 Å². The number of Topliss-reactive ketones (excluding diaryl/α,β-unsaturated/α-hetero) is 1. The van der Waals surface area contributed by atoms with Gasteiger partial charge in [-0.1, -0.05) is 37.0 Å². The number of hydrogen-bond donors (Lipinski definition) is 11. The van der Waals surface area contributed by atoms with Crippen molar-refractivity contribution in [3.8, 4) is 11.5 Å². The van der Waals surface area contributed by atoms with Crippen LogP contribution in [-0.2, 0) is 99.6 Å². The van der Waals surface area contributed by atoms with Crippen molar-refractivity contribution >= 4 is 40.9 Å². The van der Waals surface area contributed by atoms with E-state index in [1.54, 1.807) is 34.6 Å². The van der Waals surface area contributed by atoms with Crippen LogP contribution in [0, 0.1) is 12.8 Å². The minimum absolute atomic E-state index is 0.0254. The number of hydrogen-bond acceptors (Lipinski definition) is 33. The maximum Gasteiger partial charge on any atom is 0.342 e. The second-order valence-corrected chi connectivity index (χ2v) is 26.1. The van der Waals surface area contributed by atoms with E-state index in [0.29, 0.717) is 0 Å². The zero-order chi connectivity index (χ0) is 66.7. The highest BCUT2D eigenvalue weighted by Crippen LogP contribution is 2.53. The fourth-order valence-electron chi connectivity index (χ4n) is 13.7. The van der Waals surface area contributed by atoms with Gasteiger partial charge in [0.25, 0.3) is 5.97 Å². The van der Waals surface area contributed by atoms with Crippen molar-refractivity contribution in [1.29, 1.82) is 0 Å². The molecule has 31 atom stereocenters. The van der Waals surface area contributed by atoms with Crippen molar-refractivity contribution in [2.45, 2.75) is 270 Å². The topological polar surface area (TPSA) is 449 Å². The van der Waals surface area contributed by atoms with E-state index in [1.165, 1.54) is 20.8 Å². The van der Waals surface area contributed by atoms with E-state index in [2.05, 4.69) is 0 Å². The number of carbonyl (C=O) groups is 3. The molecule has 0 aliphatic carbocycles. The predicted octanol–water partition coefficient (Wildman–Crippen LogP) is -2.24. The van der Waals surface area contributed by atoms with Crippen molar-refractivity contribution in [3.05, 3.63) is 21.2 Å². The third-order valence-electron chi connectivity index (χ3n) is 18.6. The number of phenols is 2. The Kier molecular flexibility index (Phi) is 20.4. The zero-order valence-corrected chi connectivity index (χ0v) is 52.8. The number of aromatic hydroxyl groups is 2. The van der Waals surface area contributed by atoms with Gasteiger partial charge in [0.15, 0.2) is 66.4 Å². The first-order valence-electron chi connectivity index (χ1n) is 30.3. The summed E-state index contributed by atoms with van der Waals surface area (Å²) in [6.45, 7) is 10.9. The van der Waals surface area contributed by atoms with Crippen LogP contribution < -0.4 is 0 Å². The number of phenolic OH excluding ortho intramolecular Hbond substituents is 2. The number of aliphatic hydroxyl groups is 9. The van der Waals surface area contributed by atoms with Gasteiger partial charge in [0, 0.05) is 12.8 Å². The van der Waals surface area contributed by atoms with Crippen molar-refractivity contribution < 1.29 is 161 Å². The number of carbonyl (C=O) groups excluding carboxylic acids is 3. The fourth-order valence-corrected chi connectivity index (χ4v) is 14.2. The van der Waals surface area contributed by atoms with Gasteiger partial charge in [-0.15, -0.1) is 0 Å². The highest BCUT2D eigenvalue weighted by molar-refractivity contribution is 6.39. The summed E-state index contributed by atoms with van der Waals surface area (Å²) in [6.07, 6.45) is -39.6. The van der Waals surface area contributed by atoms with Crippen LogP contribution in [0.5, 0.6) is 11.5 Å². The van der Waals surface area contributed by atoms with Crippen LogP contribution in [0.2, 0.25) is 10.0 Å². The molecule has 520 valence electrons. The lowest BCUT2D eigenvalue weighted by Crippen LogP contribution is -2.72. The molecule has 10 aliphatic heterocycles. The molecular weight excluding hydrogens is 1280 g/mol. The Labute approximate surface area is 535 Å². The van der Waals surface area contributed by atoms with Crippen LogP contribution in [0.25, 0.3) is 0 Å². The van der Waals surface area contributed by atoms with Gasteiger partial charge in [-0.2, -0.15) is 0 Å². The lowest BCUT2D eigenvalue weighted by Gasteiger charge is -2.49. The first-order valence-corrected chi connectivity index (χ1v) is 31.1. The maximum absolute atomic E-state index is 13.3. The number of benzene rings is 1. The molecule has 0 radical (unpaired) electrons. The number of ketones is 1. The fraction of sp³-hybridized carbons (Fsp3) is 0.842. The maximum atomic E-state index is 13.3. The Balaban J connectivity index is 0.708. The SMILES string of the molecule is CC(=O)[C@@]1(O)[C@@H]2OCO[C@H]2[C@@]2(O[C@H]3[C@@H](OC(=O)C(C)C)[C@@H](O[C@@H]4O[C@H](CO)[C@@H](O[C@@H]5O[C@H](CO)[C@H](O)[C@H](O[C@H]6C[C@@]7(C)OC8(C[C@@H](O)[C@H](O[C@H]9C[C@@H](O)[C@H](OC(=O)c%10c(C)c(Cl)c(O)c(Cl)c%10O)[C@@H](C)O9)[C@@H](C)O8)O[C@@H]7[C@@H](C)O6)[C@H]5O)[C@H](O)[C@@H]4O)OC[C@@H]3O2)O[C@@H]1C. The van der Waals surface area contributed by atoms with Gasteiger partial charge in [-0.3, -0.25) is 9.59 Å². The standard InChI is InChI=1S/C57H80Cl2O33/c1-17(2)49(71)84-45-43-28(89-57(90-43)48-47(75-16-76-48)56(73,22(7)62)23(8)88-57)15-74-53(45)86-51-38(69)37(68)42(27(14-61)80-51)85-52-39(70)44(34(65)26(13-60)79-52)82-30-12-54(9)46(21(6)78-30)91-55(92-54)11-25(64)41(20(5)87-55)81-29-10-24(63)40(19(4)77-29)83-50(72)31-18(3)32(58)36(67)33(59)35(31)66/h17,19-21,23-30,34,37-48,51-53,60-61,63-70,73H,10-16H2,1-9H3/t19-,20-,21-,23-,24-,25-,26-,27-,28+,29+,30+,34+,37-,38+,39-,40-,41-,42-,43-,44+,45-,46-,47-,48-,51+,52+,53-,54-,55?,56+,57-/m1/s1. The molecule has 11 rings (SSSR count). The molecule has 1 aromatic carbocycles. The highest BCUT2D eigenvalue weighted by atomic mass is 35.5. The molecule has 2 spiro atoms. The van der Waals surface area contributed by atoms with Crippen molar-refractivity contribution in [2.75, 3.05) is 26.6 Å². The van der Waals surface area contributed by atoms with E-state index in [1.807, 2.05) is 0 Å². The number of halogens is 2. The average molecular weight is 1360 g/mol. The van der Waals surface area contributed by atoms with Crippen LogP contribution in [-0.4, -0.2) is 289 Å². The lowest BCUT2D eigenvalue weighted by molar-refractivity contribution is -0.428.